The van der Waals surface area contributed by atoms with E-state index >= 15 is 0 Å². The molecule has 33 heavy (non-hydrogen) atoms. The van der Waals surface area contributed by atoms with Crippen molar-refractivity contribution in [1.29, 1.82) is 0 Å². The van der Waals surface area contributed by atoms with Crippen LogP contribution in [0.4, 0.5) is 24.8 Å². The summed E-state index contributed by atoms with van der Waals surface area (Å²) in [5, 5.41) is 3.18. The van der Waals surface area contributed by atoms with Crippen LogP contribution in [0.25, 0.3) is 6.08 Å². The Morgan fingerprint density at radius 2 is 1.94 bits per heavy atom. The molecule has 2 aromatic rings. The van der Waals surface area contributed by atoms with Crippen molar-refractivity contribution in [3.63, 3.8) is 0 Å². The summed E-state index contributed by atoms with van der Waals surface area (Å²) in [7, 11) is 1.93. The summed E-state index contributed by atoms with van der Waals surface area (Å²) >= 11 is 0. The molecule has 0 bridgehead atoms. The van der Waals surface area contributed by atoms with Gasteiger partial charge in [-0.25, -0.2) is 23.1 Å². The molecule has 0 spiro atoms. The third kappa shape index (κ3) is 4.58. The van der Waals surface area contributed by atoms with Gasteiger partial charge in [0.2, 0.25) is 5.91 Å². The molecule has 0 radical (unpaired) electrons. The number of nitrogens with zero attached hydrogens (tertiary/aromatic N) is 4. The third-order valence-electron chi connectivity index (χ3n) is 6.13. The number of benzene rings is 1. The molecule has 1 aromatic carbocycles. The van der Waals surface area contributed by atoms with Gasteiger partial charge in [0.25, 0.3) is 6.43 Å². The lowest BCUT2D eigenvalue weighted by Crippen LogP contribution is -2.34. The fraction of sp³-hybridized carbons (Fsp3) is 0.375. The van der Waals surface area contributed by atoms with Crippen LogP contribution in [0.1, 0.15) is 49.4 Å². The van der Waals surface area contributed by atoms with Crippen molar-refractivity contribution in [2.75, 3.05) is 36.9 Å². The number of nitrogens with one attached hydrogen (secondary N) is 1. The van der Waals surface area contributed by atoms with Crippen LogP contribution in [0.5, 0.6) is 0 Å². The van der Waals surface area contributed by atoms with Crippen LogP contribution in [0, 0.1) is 5.82 Å². The Hall–Kier alpha value is -3.36. The third-order valence-corrected chi connectivity index (χ3v) is 6.13. The molecule has 9 heteroatoms. The van der Waals surface area contributed by atoms with Gasteiger partial charge in [-0.15, -0.1) is 0 Å². The number of amides is 1. The second-order valence-corrected chi connectivity index (χ2v) is 8.35. The molecule has 1 aromatic heterocycles. The molecule has 0 fully saturated rings. The highest BCUT2D eigenvalue weighted by molar-refractivity contribution is 5.80. The minimum absolute atomic E-state index is 0.0578. The zero-order valence-corrected chi connectivity index (χ0v) is 18.8. The van der Waals surface area contributed by atoms with Crippen LogP contribution < -0.4 is 10.2 Å². The highest BCUT2D eigenvalue weighted by atomic mass is 19.3. The largest absolute Gasteiger partial charge is 0.363 e. The number of carbonyl (C=O) groups excluding carboxylic acids is 1. The van der Waals surface area contributed by atoms with E-state index in [-0.39, 0.29) is 11.5 Å². The number of halogens is 3. The molecule has 3 heterocycles. The van der Waals surface area contributed by atoms with Crippen molar-refractivity contribution < 1.29 is 18.0 Å². The lowest BCUT2D eigenvalue weighted by Gasteiger charge is -2.32. The number of hydrogen-bond donors (Lipinski definition) is 1. The Labute approximate surface area is 190 Å². The summed E-state index contributed by atoms with van der Waals surface area (Å²) in [6.07, 6.45) is 3.39. The van der Waals surface area contributed by atoms with Crippen molar-refractivity contribution in [2.24, 2.45) is 0 Å². The van der Waals surface area contributed by atoms with E-state index in [9.17, 15) is 18.0 Å². The summed E-state index contributed by atoms with van der Waals surface area (Å²) in [4.78, 5) is 24.2. The molecule has 2 aliphatic heterocycles. The number of likely N-dealkylation sites (N-methyl/N-ethyl adjacent to an activating group) is 1. The average molecular weight is 458 g/mol. The van der Waals surface area contributed by atoms with E-state index in [1.807, 2.05) is 18.0 Å². The molecule has 0 unspecified atom stereocenters. The zero-order valence-electron chi connectivity index (χ0n) is 18.8. The van der Waals surface area contributed by atoms with Gasteiger partial charge in [-0.05, 0) is 30.6 Å². The van der Waals surface area contributed by atoms with Crippen LogP contribution in [0.2, 0.25) is 0 Å². The SMILES string of the molecule is CC(=O)N1CC=C(C2=Cc3c(N[C@H](C)c4cccc(C(F)F)c4F)ncnc3N(C)C2)CC1. The highest BCUT2D eigenvalue weighted by Gasteiger charge is 2.25. The van der Waals surface area contributed by atoms with Gasteiger partial charge >= 0.3 is 0 Å². The Kier molecular flexibility index (Phi) is 6.40. The molecule has 0 saturated carbocycles. The predicted octanol–water partition coefficient (Wildman–Crippen LogP) is 4.74. The Morgan fingerprint density at radius 3 is 2.61 bits per heavy atom. The van der Waals surface area contributed by atoms with Crippen LogP contribution >= 0.6 is 0 Å². The van der Waals surface area contributed by atoms with Gasteiger partial charge in [0.15, 0.2) is 0 Å². The van der Waals surface area contributed by atoms with Gasteiger partial charge in [0, 0.05) is 39.2 Å². The van der Waals surface area contributed by atoms with Gasteiger partial charge in [0.1, 0.15) is 23.8 Å². The van der Waals surface area contributed by atoms with Crippen LogP contribution in [0.3, 0.4) is 0 Å². The lowest BCUT2D eigenvalue weighted by molar-refractivity contribution is -0.128. The monoisotopic (exact) mass is 457 g/mol. The number of fused-ring (bicyclic) bond motifs is 1. The second-order valence-electron chi connectivity index (χ2n) is 8.35. The summed E-state index contributed by atoms with van der Waals surface area (Å²) in [5.41, 5.74) is 2.56. The Bertz CT molecular complexity index is 1130. The van der Waals surface area contributed by atoms with E-state index in [4.69, 9.17) is 0 Å². The van der Waals surface area contributed by atoms with E-state index in [1.54, 1.807) is 18.7 Å². The second kappa shape index (κ2) is 9.25. The Morgan fingerprint density at radius 1 is 1.18 bits per heavy atom. The average Bonchev–Trinajstić information content (AvgIpc) is 2.79. The maximum absolute atomic E-state index is 14.7. The minimum Gasteiger partial charge on any atom is -0.363 e. The highest BCUT2D eigenvalue weighted by Crippen LogP contribution is 2.36. The smallest absolute Gasteiger partial charge is 0.266 e. The number of carbonyl (C=O) groups is 1. The summed E-state index contributed by atoms with van der Waals surface area (Å²) < 4.78 is 40.9. The fourth-order valence-electron chi connectivity index (χ4n) is 4.28. The zero-order chi connectivity index (χ0) is 23.7. The van der Waals surface area contributed by atoms with Crippen molar-refractivity contribution >= 4 is 23.6 Å². The molecular weight excluding hydrogens is 431 g/mol. The van der Waals surface area contributed by atoms with E-state index in [0.717, 1.165) is 29.4 Å². The normalized spacial score (nSPS) is 16.8. The number of rotatable bonds is 5. The van der Waals surface area contributed by atoms with Crippen molar-refractivity contribution in [1.82, 2.24) is 14.9 Å². The van der Waals surface area contributed by atoms with Crippen molar-refractivity contribution in [2.45, 2.75) is 32.7 Å². The van der Waals surface area contributed by atoms with Gasteiger partial charge in [-0.3, -0.25) is 4.79 Å². The quantitative estimate of drug-likeness (QED) is 0.703. The number of alkyl halides is 2. The molecule has 6 nitrogen and oxygen atoms in total. The number of hydrogen-bond acceptors (Lipinski definition) is 5. The molecular formula is C24H26F3N5O. The summed E-state index contributed by atoms with van der Waals surface area (Å²) in [6, 6.07) is 3.43. The topological polar surface area (TPSA) is 61.4 Å². The molecule has 1 N–H and O–H groups in total. The summed E-state index contributed by atoms with van der Waals surface area (Å²) in [5.74, 6) is 0.376. The number of aromatic nitrogens is 2. The van der Waals surface area contributed by atoms with E-state index in [2.05, 4.69) is 21.4 Å². The molecule has 174 valence electrons. The van der Waals surface area contributed by atoms with Crippen molar-refractivity contribution in [3.05, 3.63) is 64.3 Å². The van der Waals surface area contributed by atoms with Gasteiger partial charge in [0.05, 0.1) is 17.2 Å². The van der Waals surface area contributed by atoms with Crippen molar-refractivity contribution in [3.8, 4) is 0 Å². The van der Waals surface area contributed by atoms with E-state index in [1.165, 1.54) is 24.0 Å². The standard InChI is InChI=1S/C24H26F3N5O/c1-14(18-5-4-6-19(21(18)25)22(26)27)30-23-20-11-17(12-31(3)24(20)29-13-28-23)16-7-9-32(10-8-16)15(2)33/h4-7,11,13-14,22H,8-10,12H2,1-3H3,(H,28,29,30)/t14-/m1/s1. The van der Waals surface area contributed by atoms with Gasteiger partial charge < -0.3 is 15.1 Å². The number of anilines is 2. The first-order chi connectivity index (χ1) is 15.8. The minimum atomic E-state index is -2.88. The maximum atomic E-state index is 14.7. The fourth-order valence-corrected chi connectivity index (χ4v) is 4.28. The first kappa shape index (κ1) is 22.8. The first-order valence-corrected chi connectivity index (χ1v) is 10.8. The van der Waals surface area contributed by atoms with Crippen LogP contribution in [-0.2, 0) is 4.79 Å². The van der Waals surface area contributed by atoms with Crippen LogP contribution in [-0.4, -0.2) is 47.5 Å². The lowest BCUT2D eigenvalue weighted by atomic mass is 9.94. The predicted molar refractivity (Wildman–Crippen MR) is 122 cm³/mol. The summed E-state index contributed by atoms with van der Waals surface area (Å²) in [6.45, 7) is 5.18. The van der Waals surface area contributed by atoms with E-state index in [0.29, 0.717) is 25.5 Å². The molecule has 4 rings (SSSR count). The molecule has 0 aliphatic carbocycles. The van der Waals surface area contributed by atoms with Gasteiger partial charge in [-0.2, -0.15) is 0 Å². The molecule has 0 saturated heterocycles. The molecule has 2 aliphatic rings. The van der Waals surface area contributed by atoms with E-state index < -0.39 is 23.8 Å². The van der Waals surface area contributed by atoms with Gasteiger partial charge in [-0.1, -0.05) is 24.3 Å². The first-order valence-electron chi connectivity index (χ1n) is 10.8. The maximum Gasteiger partial charge on any atom is 0.266 e. The molecule has 1 atom stereocenters. The van der Waals surface area contributed by atoms with Crippen LogP contribution in [0.15, 0.2) is 41.7 Å². The Balaban J connectivity index is 1.64. The molecule has 1 amide bonds.